The van der Waals surface area contributed by atoms with Gasteiger partial charge in [-0.05, 0) is 17.3 Å². The van der Waals surface area contributed by atoms with Gasteiger partial charge in [-0.2, -0.15) is 0 Å². The third-order valence-electron chi connectivity index (χ3n) is 2.92. The number of carbonyl (C=O) groups is 2. The summed E-state index contributed by atoms with van der Waals surface area (Å²) in [4.78, 5) is 24.8. The number of benzene rings is 2. The molecule has 0 saturated heterocycles. The van der Waals surface area contributed by atoms with Crippen LogP contribution in [0.3, 0.4) is 0 Å². The van der Waals surface area contributed by atoms with E-state index in [2.05, 4.69) is 0 Å². The Kier molecular flexibility index (Phi) is 3.05. The Balaban J connectivity index is 2.04. The SMILES string of the molecule is O=C1SC(c2ccccc2)=C1C(=O)c1ccccc1. The average Bonchev–Trinajstić information content (AvgIpc) is 2.46. The smallest absolute Gasteiger partial charge is 0.229 e. The molecular weight excluding hydrogens is 256 g/mol. The molecule has 0 fully saturated rings. The second kappa shape index (κ2) is 4.86. The topological polar surface area (TPSA) is 34.1 Å². The second-order valence-electron chi connectivity index (χ2n) is 4.15. The molecule has 0 saturated carbocycles. The Morgan fingerprint density at radius 2 is 1.42 bits per heavy atom. The monoisotopic (exact) mass is 266 g/mol. The van der Waals surface area contributed by atoms with Gasteiger partial charge < -0.3 is 0 Å². The van der Waals surface area contributed by atoms with Crippen LogP contribution in [0.1, 0.15) is 15.9 Å². The van der Waals surface area contributed by atoms with Gasteiger partial charge in [0.05, 0.1) is 5.57 Å². The summed E-state index contributed by atoms with van der Waals surface area (Å²) in [6, 6.07) is 18.4. The molecule has 1 aliphatic rings. The van der Waals surface area contributed by atoms with Gasteiger partial charge in [-0.1, -0.05) is 60.7 Å². The maximum atomic E-state index is 12.3. The Morgan fingerprint density at radius 1 is 0.842 bits per heavy atom. The van der Waals surface area contributed by atoms with Gasteiger partial charge in [0.2, 0.25) is 5.12 Å². The van der Waals surface area contributed by atoms with Crippen LogP contribution >= 0.6 is 11.8 Å². The quantitative estimate of drug-likeness (QED) is 0.629. The normalized spacial score (nSPS) is 14.2. The highest BCUT2D eigenvalue weighted by atomic mass is 32.2. The van der Waals surface area contributed by atoms with Crippen LogP contribution in [0.2, 0.25) is 0 Å². The van der Waals surface area contributed by atoms with E-state index in [1.54, 1.807) is 24.3 Å². The van der Waals surface area contributed by atoms with Crippen molar-refractivity contribution in [1.82, 2.24) is 0 Å². The summed E-state index contributed by atoms with van der Waals surface area (Å²) >= 11 is 1.13. The average molecular weight is 266 g/mol. The van der Waals surface area contributed by atoms with Crippen LogP contribution in [-0.4, -0.2) is 10.9 Å². The molecule has 3 rings (SSSR count). The van der Waals surface area contributed by atoms with Gasteiger partial charge in [-0.25, -0.2) is 0 Å². The molecule has 0 aromatic heterocycles. The predicted molar refractivity (Wildman–Crippen MR) is 76.7 cm³/mol. The van der Waals surface area contributed by atoms with E-state index in [-0.39, 0.29) is 10.9 Å². The van der Waals surface area contributed by atoms with Crippen molar-refractivity contribution in [3.8, 4) is 0 Å². The first kappa shape index (κ1) is 11.9. The molecule has 2 nitrogen and oxygen atoms in total. The lowest BCUT2D eigenvalue weighted by Gasteiger charge is -2.20. The molecule has 0 spiro atoms. The molecule has 0 unspecified atom stereocenters. The third kappa shape index (κ3) is 2.13. The number of rotatable bonds is 3. The van der Waals surface area contributed by atoms with Crippen molar-refractivity contribution in [1.29, 1.82) is 0 Å². The number of hydrogen-bond acceptors (Lipinski definition) is 3. The van der Waals surface area contributed by atoms with Crippen molar-refractivity contribution in [2.45, 2.75) is 0 Å². The molecule has 0 bridgehead atoms. The summed E-state index contributed by atoms with van der Waals surface area (Å²) in [6.07, 6.45) is 0. The number of hydrogen-bond donors (Lipinski definition) is 0. The van der Waals surface area contributed by atoms with Gasteiger partial charge >= 0.3 is 0 Å². The number of Topliss-reactive ketones (excluding diaryl/α,β-unsaturated/α-hetero) is 1. The highest BCUT2D eigenvalue weighted by molar-refractivity contribution is 8.24. The van der Waals surface area contributed by atoms with E-state index in [1.807, 2.05) is 36.4 Å². The first-order valence-corrected chi connectivity index (χ1v) is 6.70. The molecular formula is C16H10O2S. The summed E-state index contributed by atoms with van der Waals surface area (Å²) in [5.41, 5.74) is 1.79. The largest absolute Gasteiger partial charge is 0.288 e. The van der Waals surface area contributed by atoms with Crippen LogP contribution in [0.25, 0.3) is 4.91 Å². The molecule has 2 aromatic rings. The van der Waals surface area contributed by atoms with Crippen molar-refractivity contribution in [2.24, 2.45) is 0 Å². The summed E-state index contributed by atoms with van der Waals surface area (Å²) in [5.74, 6) is -0.191. The van der Waals surface area contributed by atoms with E-state index in [1.165, 1.54) is 0 Å². The highest BCUT2D eigenvalue weighted by Crippen LogP contribution is 2.44. The molecule has 1 aliphatic heterocycles. The van der Waals surface area contributed by atoms with E-state index in [0.29, 0.717) is 11.1 Å². The predicted octanol–water partition coefficient (Wildman–Crippen LogP) is 3.55. The minimum atomic E-state index is -0.191. The minimum Gasteiger partial charge on any atom is -0.288 e. The van der Waals surface area contributed by atoms with E-state index >= 15 is 0 Å². The van der Waals surface area contributed by atoms with Gasteiger partial charge in [0.15, 0.2) is 5.78 Å². The maximum Gasteiger partial charge on any atom is 0.229 e. The van der Waals surface area contributed by atoms with Crippen molar-refractivity contribution in [2.75, 3.05) is 0 Å². The molecule has 0 amide bonds. The first-order chi connectivity index (χ1) is 9.27. The number of ketones is 1. The Hall–Kier alpha value is -2.13. The van der Waals surface area contributed by atoms with Gasteiger partial charge in [0.25, 0.3) is 0 Å². The minimum absolute atomic E-state index is 0.146. The fourth-order valence-electron chi connectivity index (χ4n) is 1.96. The summed E-state index contributed by atoms with van der Waals surface area (Å²) in [5, 5.41) is -0.146. The summed E-state index contributed by atoms with van der Waals surface area (Å²) < 4.78 is 0. The van der Waals surface area contributed by atoms with Crippen LogP contribution < -0.4 is 0 Å². The Labute approximate surface area is 115 Å². The zero-order chi connectivity index (χ0) is 13.2. The lowest BCUT2D eigenvalue weighted by molar-refractivity contribution is -0.107. The molecule has 92 valence electrons. The maximum absolute atomic E-state index is 12.3. The Morgan fingerprint density at radius 3 is 2.00 bits per heavy atom. The van der Waals surface area contributed by atoms with E-state index in [4.69, 9.17) is 0 Å². The standard InChI is InChI=1S/C16H10O2S/c17-14(11-7-3-1-4-8-11)13-15(19-16(13)18)12-9-5-2-6-10-12/h1-10H. The fourth-order valence-corrected chi connectivity index (χ4v) is 2.83. The lowest BCUT2D eigenvalue weighted by atomic mass is 10.0. The van der Waals surface area contributed by atoms with E-state index < -0.39 is 0 Å². The van der Waals surface area contributed by atoms with Crippen LogP contribution in [0.4, 0.5) is 0 Å². The number of carbonyl (C=O) groups excluding carboxylic acids is 2. The van der Waals surface area contributed by atoms with E-state index in [9.17, 15) is 9.59 Å². The molecule has 0 N–H and O–H groups in total. The molecule has 0 aliphatic carbocycles. The third-order valence-corrected chi connectivity index (χ3v) is 3.96. The van der Waals surface area contributed by atoms with Gasteiger partial charge in [0.1, 0.15) is 0 Å². The summed E-state index contributed by atoms with van der Waals surface area (Å²) in [7, 11) is 0. The molecule has 1 heterocycles. The molecule has 0 atom stereocenters. The van der Waals surface area contributed by atoms with Crippen LogP contribution in [-0.2, 0) is 4.79 Å². The lowest BCUT2D eigenvalue weighted by Crippen LogP contribution is -2.19. The molecule has 0 radical (unpaired) electrons. The van der Waals surface area contributed by atoms with Gasteiger partial charge in [0, 0.05) is 10.5 Å². The molecule has 19 heavy (non-hydrogen) atoms. The fraction of sp³-hybridized carbons (Fsp3) is 0. The summed E-state index contributed by atoms with van der Waals surface area (Å²) in [6.45, 7) is 0. The van der Waals surface area contributed by atoms with Crippen LogP contribution in [0.5, 0.6) is 0 Å². The second-order valence-corrected chi connectivity index (χ2v) is 5.14. The van der Waals surface area contributed by atoms with Gasteiger partial charge in [-0.3, -0.25) is 9.59 Å². The van der Waals surface area contributed by atoms with Crippen LogP contribution in [0.15, 0.2) is 66.2 Å². The van der Waals surface area contributed by atoms with Crippen molar-refractivity contribution in [3.05, 3.63) is 77.4 Å². The van der Waals surface area contributed by atoms with Crippen molar-refractivity contribution in [3.63, 3.8) is 0 Å². The molecule has 2 aromatic carbocycles. The zero-order valence-electron chi connectivity index (χ0n) is 10.00. The first-order valence-electron chi connectivity index (χ1n) is 5.89. The number of thioether (sulfide) groups is 1. The van der Waals surface area contributed by atoms with E-state index in [0.717, 1.165) is 22.2 Å². The molecule has 3 heteroatoms. The van der Waals surface area contributed by atoms with Crippen molar-refractivity contribution < 1.29 is 9.59 Å². The van der Waals surface area contributed by atoms with Gasteiger partial charge in [-0.15, -0.1) is 0 Å². The Bertz CT molecular complexity index is 672. The highest BCUT2D eigenvalue weighted by Gasteiger charge is 2.34. The zero-order valence-corrected chi connectivity index (χ0v) is 10.8. The van der Waals surface area contributed by atoms with Crippen LogP contribution in [0, 0.1) is 0 Å². The van der Waals surface area contributed by atoms with Crippen molar-refractivity contribution >= 4 is 27.6 Å².